The summed E-state index contributed by atoms with van der Waals surface area (Å²) in [6.45, 7) is 12.2. The lowest BCUT2D eigenvalue weighted by Crippen LogP contribution is -2.27. The molecule has 1 aliphatic heterocycles. The number of thiazole rings is 1. The second-order valence-electron chi connectivity index (χ2n) is 6.54. The summed E-state index contributed by atoms with van der Waals surface area (Å²) in [5.74, 6) is 1.28. The number of rotatable bonds is 7. The van der Waals surface area contributed by atoms with Crippen molar-refractivity contribution in [3.8, 4) is 0 Å². The minimum Gasteiger partial charge on any atom is -0.351 e. The SMILES string of the molecule is CCNCc1sc(N(C)CC2CCN(C)C2)nc1C(C)C. The predicted octanol–water partition coefficient (Wildman–Crippen LogP) is 2.76. The monoisotopic (exact) mass is 310 g/mol. The molecular weight excluding hydrogens is 280 g/mol. The van der Waals surface area contributed by atoms with Crippen molar-refractivity contribution in [2.45, 2.75) is 39.7 Å². The zero-order valence-electron chi connectivity index (χ0n) is 14.1. The molecule has 0 amide bonds. The van der Waals surface area contributed by atoms with Crippen molar-refractivity contribution in [3.05, 3.63) is 10.6 Å². The van der Waals surface area contributed by atoms with E-state index in [0.717, 1.165) is 25.6 Å². The molecule has 0 radical (unpaired) electrons. The zero-order valence-corrected chi connectivity index (χ0v) is 15.0. The normalized spacial score (nSPS) is 19.6. The van der Waals surface area contributed by atoms with Gasteiger partial charge in [-0.05, 0) is 38.4 Å². The number of hydrogen-bond donors (Lipinski definition) is 1. The first kappa shape index (κ1) is 16.7. The number of anilines is 1. The van der Waals surface area contributed by atoms with E-state index in [9.17, 15) is 0 Å². The van der Waals surface area contributed by atoms with Gasteiger partial charge in [0, 0.05) is 31.6 Å². The first-order valence-electron chi connectivity index (χ1n) is 8.11. The predicted molar refractivity (Wildman–Crippen MR) is 92.5 cm³/mol. The van der Waals surface area contributed by atoms with E-state index >= 15 is 0 Å². The summed E-state index contributed by atoms with van der Waals surface area (Å²) in [4.78, 5) is 11.1. The Hall–Kier alpha value is -0.650. The number of hydrogen-bond acceptors (Lipinski definition) is 5. The number of nitrogens with one attached hydrogen (secondary N) is 1. The molecular formula is C16H30N4S. The molecule has 0 saturated carbocycles. The van der Waals surface area contributed by atoms with Gasteiger partial charge in [-0.2, -0.15) is 0 Å². The molecule has 1 N–H and O–H groups in total. The Bertz CT molecular complexity index is 443. The quantitative estimate of drug-likeness (QED) is 0.839. The fourth-order valence-corrected chi connectivity index (χ4v) is 4.13. The molecule has 21 heavy (non-hydrogen) atoms. The molecule has 120 valence electrons. The summed E-state index contributed by atoms with van der Waals surface area (Å²) < 4.78 is 0. The van der Waals surface area contributed by atoms with Crippen LogP contribution in [0.4, 0.5) is 5.13 Å². The molecule has 1 atom stereocenters. The van der Waals surface area contributed by atoms with Crippen LogP contribution in [0.15, 0.2) is 0 Å². The lowest BCUT2D eigenvalue weighted by molar-refractivity contribution is 0.396. The van der Waals surface area contributed by atoms with Crippen molar-refractivity contribution >= 4 is 16.5 Å². The highest BCUT2D eigenvalue weighted by Crippen LogP contribution is 2.31. The average Bonchev–Trinajstić information content (AvgIpc) is 3.03. The summed E-state index contributed by atoms with van der Waals surface area (Å²) in [7, 11) is 4.41. The molecule has 0 spiro atoms. The van der Waals surface area contributed by atoms with Gasteiger partial charge in [0.2, 0.25) is 0 Å². The van der Waals surface area contributed by atoms with Crippen LogP contribution in [0, 0.1) is 5.92 Å². The molecule has 0 bridgehead atoms. The molecule has 1 saturated heterocycles. The molecule has 2 heterocycles. The van der Waals surface area contributed by atoms with Gasteiger partial charge in [0.15, 0.2) is 5.13 Å². The van der Waals surface area contributed by atoms with E-state index in [-0.39, 0.29) is 0 Å². The molecule has 4 nitrogen and oxygen atoms in total. The molecule has 0 aromatic carbocycles. The highest BCUT2D eigenvalue weighted by Gasteiger charge is 2.23. The second-order valence-corrected chi connectivity index (χ2v) is 7.60. The maximum absolute atomic E-state index is 4.91. The topological polar surface area (TPSA) is 31.4 Å². The van der Waals surface area contributed by atoms with Gasteiger partial charge in [-0.1, -0.05) is 20.8 Å². The van der Waals surface area contributed by atoms with Crippen LogP contribution in [0.5, 0.6) is 0 Å². The Kier molecular flexibility index (Phi) is 6.02. The van der Waals surface area contributed by atoms with Crippen LogP contribution in [0.3, 0.4) is 0 Å². The van der Waals surface area contributed by atoms with Crippen LogP contribution in [0.2, 0.25) is 0 Å². The van der Waals surface area contributed by atoms with Gasteiger partial charge in [-0.15, -0.1) is 11.3 Å². The minimum atomic E-state index is 0.495. The maximum atomic E-state index is 4.91. The minimum absolute atomic E-state index is 0.495. The van der Waals surface area contributed by atoms with E-state index in [2.05, 4.69) is 50.0 Å². The molecule has 1 unspecified atom stereocenters. The first-order chi connectivity index (χ1) is 10.0. The highest BCUT2D eigenvalue weighted by molar-refractivity contribution is 7.15. The smallest absolute Gasteiger partial charge is 0.185 e. The van der Waals surface area contributed by atoms with Crippen molar-refractivity contribution in [1.82, 2.24) is 15.2 Å². The largest absolute Gasteiger partial charge is 0.351 e. The summed E-state index contributed by atoms with van der Waals surface area (Å²) in [5, 5.41) is 4.62. The van der Waals surface area contributed by atoms with E-state index in [1.165, 1.54) is 35.2 Å². The Morgan fingerprint density at radius 3 is 2.81 bits per heavy atom. The molecule has 1 aliphatic rings. The Balaban J connectivity index is 2.04. The van der Waals surface area contributed by atoms with Gasteiger partial charge < -0.3 is 15.1 Å². The van der Waals surface area contributed by atoms with Crippen molar-refractivity contribution in [3.63, 3.8) is 0 Å². The first-order valence-corrected chi connectivity index (χ1v) is 8.92. The third kappa shape index (κ3) is 4.41. The summed E-state index contributed by atoms with van der Waals surface area (Å²) in [5.41, 5.74) is 1.27. The number of likely N-dealkylation sites (tertiary alicyclic amines) is 1. The van der Waals surface area contributed by atoms with Crippen molar-refractivity contribution in [2.75, 3.05) is 45.2 Å². The number of aromatic nitrogens is 1. The Morgan fingerprint density at radius 2 is 2.24 bits per heavy atom. The summed E-state index contributed by atoms with van der Waals surface area (Å²) in [6.07, 6.45) is 1.31. The summed E-state index contributed by atoms with van der Waals surface area (Å²) >= 11 is 1.86. The van der Waals surface area contributed by atoms with Crippen LogP contribution in [-0.2, 0) is 6.54 Å². The van der Waals surface area contributed by atoms with Gasteiger partial charge in [-0.25, -0.2) is 4.98 Å². The van der Waals surface area contributed by atoms with E-state index in [0.29, 0.717) is 5.92 Å². The van der Waals surface area contributed by atoms with E-state index in [1.807, 2.05) is 11.3 Å². The Labute approximate surface area is 133 Å². The lowest BCUT2D eigenvalue weighted by Gasteiger charge is -2.20. The van der Waals surface area contributed by atoms with E-state index in [4.69, 9.17) is 4.98 Å². The van der Waals surface area contributed by atoms with E-state index < -0.39 is 0 Å². The fraction of sp³-hybridized carbons (Fsp3) is 0.812. The molecule has 2 rings (SSSR count). The van der Waals surface area contributed by atoms with Gasteiger partial charge in [-0.3, -0.25) is 0 Å². The van der Waals surface area contributed by atoms with Crippen LogP contribution < -0.4 is 10.2 Å². The maximum Gasteiger partial charge on any atom is 0.185 e. The molecule has 0 aliphatic carbocycles. The van der Waals surface area contributed by atoms with Crippen molar-refractivity contribution in [2.24, 2.45) is 5.92 Å². The fourth-order valence-electron chi connectivity index (χ4n) is 2.97. The summed E-state index contributed by atoms with van der Waals surface area (Å²) in [6, 6.07) is 0. The molecule has 1 aromatic heterocycles. The van der Waals surface area contributed by atoms with Crippen LogP contribution in [0.1, 0.15) is 43.7 Å². The van der Waals surface area contributed by atoms with Crippen LogP contribution in [0.25, 0.3) is 0 Å². The van der Waals surface area contributed by atoms with Gasteiger partial charge in [0.05, 0.1) is 5.69 Å². The van der Waals surface area contributed by atoms with Crippen molar-refractivity contribution < 1.29 is 0 Å². The van der Waals surface area contributed by atoms with Gasteiger partial charge in [0.1, 0.15) is 0 Å². The second kappa shape index (κ2) is 7.56. The van der Waals surface area contributed by atoms with Crippen molar-refractivity contribution in [1.29, 1.82) is 0 Å². The lowest BCUT2D eigenvalue weighted by atomic mass is 10.1. The highest BCUT2D eigenvalue weighted by atomic mass is 32.1. The van der Waals surface area contributed by atoms with Crippen LogP contribution >= 0.6 is 11.3 Å². The third-order valence-corrected chi connectivity index (χ3v) is 5.33. The third-order valence-electron chi connectivity index (χ3n) is 4.15. The molecule has 1 aromatic rings. The molecule has 5 heteroatoms. The number of nitrogens with zero attached hydrogens (tertiary/aromatic N) is 3. The van der Waals surface area contributed by atoms with E-state index in [1.54, 1.807) is 0 Å². The zero-order chi connectivity index (χ0) is 15.4. The van der Waals surface area contributed by atoms with Crippen LogP contribution in [-0.4, -0.2) is 50.2 Å². The Morgan fingerprint density at radius 1 is 1.48 bits per heavy atom. The van der Waals surface area contributed by atoms with Gasteiger partial charge >= 0.3 is 0 Å². The molecule has 1 fully saturated rings. The standard InChI is InChI=1S/C16H30N4S/c1-6-17-9-14-15(12(2)3)18-16(21-14)20(5)11-13-7-8-19(4)10-13/h12-13,17H,6-11H2,1-5H3. The van der Waals surface area contributed by atoms with Gasteiger partial charge in [0.25, 0.3) is 0 Å². The average molecular weight is 311 g/mol.